The molecule has 1 fully saturated rings. The summed E-state index contributed by atoms with van der Waals surface area (Å²) in [5.41, 5.74) is 3.05. The minimum atomic E-state index is 0.199. The minimum Gasteiger partial charge on any atom is -0.492 e. The fourth-order valence-corrected chi connectivity index (χ4v) is 4.27. The van der Waals surface area contributed by atoms with Crippen LogP contribution in [-0.4, -0.2) is 50.5 Å². The molecule has 1 atom stereocenters. The van der Waals surface area contributed by atoms with Gasteiger partial charge in [-0.1, -0.05) is 6.92 Å². The van der Waals surface area contributed by atoms with Crippen LogP contribution in [0.4, 0.5) is 11.6 Å². The Morgan fingerprint density at radius 1 is 1.19 bits per heavy atom. The molecule has 0 aliphatic carbocycles. The monoisotopic (exact) mass is 424 g/mol. The summed E-state index contributed by atoms with van der Waals surface area (Å²) in [5.74, 6) is 2.62. The summed E-state index contributed by atoms with van der Waals surface area (Å²) in [7, 11) is 0. The molecule has 1 aliphatic rings. The van der Waals surface area contributed by atoms with Gasteiger partial charge in [-0.2, -0.15) is 9.61 Å². The molecule has 4 rings (SSSR count). The van der Waals surface area contributed by atoms with Gasteiger partial charge in [-0.25, -0.2) is 4.98 Å². The predicted molar refractivity (Wildman–Crippen MR) is 122 cm³/mol. The Balaban J connectivity index is 1.65. The first-order chi connectivity index (χ1) is 15.2. The highest BCUT2D eigenvalue weighted by molar-refractivity contribution is 5.61. The van der Waals surface area contributed by atoms with Crippen molar-refractivity contribution in [1.29, 1.82) is 0 Å². The number of hydrogen-bond donors (Lipinski definition) is 2. The molecule has 1 saturated heterocycles. The Morgan fingerprint density at radius 3 is 2.90 bits per heavy atom. The number of aromatic nitrogens is 4. The number of aryl methyl sites for hydroxylation is 1. The first-order valence-corrected chi connectivity index (χ1v) is 11.3. The minimum absolute atomic E-state index is 0.199. The molecule has 166 valence electrons. The van der Waals surface area contributed by atoms with Crippen molar-refractivity contribution in [3.63, 3.8) is 0 Å². The van der Waals surface area contributed by atoms with E-state index in [1.807, 2.05) is 29.9 Å². The standard InChI is InChI=1S/C23H32N6O2/c1-3-18-15-26-29-21(25-14-17-11-20(31-4-2)16-24-13-17)12-22(27-23(18)29)28-9-6-5-7-19(28)8-10-30/h11-13,15-16,19,25,30H,3-10,14H2,1-2H3. The van der Waals surface area contributed by atoms with Crippen LogP contribution in [0.2, 0.25) is 0 Å². The summed E-state index contributed by atoms with van der Waals surface area (Å²) in [4.78, 5) is 11.6. The predicted octanol–water partition coefficient (Wildman–Crippen LogP) is 3.44. The molecular weight excluding hydrogens is 392 g/mol. The molecule has 0 bridgehead atoms. The zero-order valence-electron chi connectivity index (χ0n) is 18.4. The molecule has 2 N–H and O–H groups in total. The second kappa shape index (κ2) is 9.96. The summed E-state index contributed by atoms with van der Waals surface area (Å²) in [6.07, 6.45) is 10.6. The van der Waals surface area contributed by atoms with Gasteiger partial charge in [0.25, 0.3) is 0 Å². The van der Waals surface area contributed by atoms with Crippen molar-refractivity contribution in [2.24, 2.45) is 0 Å². The maximum absolute atomic E-state index is 9.54. The number of pyridine rings is 1. The van der Waals surface area contributed by atoms with Gasteiger partial charge in [0.2, 0.25) is 0 Å². The zero-order chi connectivity index (χ0) is 21.6. The number of aliphatic hydroxyl groups excluding tert-OH is 1. The van der Waals surface area contributed by atoms with Gasteiger partial charge in [0, 0.05) is 43.6 Å². The van der Waals surface area contributed by atoms with Crippen LogP contribution in [0.5, 0.6) is 5.75 Å². The lowest BCUT2D eigenvalue weighted by molar-refractivity contribution is 0.262. The van der Waals surface area contributed by atoms with E-state index in [1.165, 1.54) is 6.42 Å². The Bertz CT molecular complexity index is 1000. The van der Waals surface area contributed by atoms with Crippen molar-refractivity contribution in [2.75, 3.05) is 30.0 Å². The summed E-state index contributed by atoms with van der Waals surface area (Å²) in [6, 6.07) is 4.40. The number of fused-ring (bicyclic) bond motifs is 1. The highest BCUT2D eigenvalue weighted by Gasteiger charge is 2.24. The van der Waals surface area contributed by atoms with Gasteiger partial charge in [-0.3, -0.25) is 4.98 Å². The molecule has 4 heterocycles. The van der Waals surface area contributed by atoms with Gasteiger partial charge in [0.1, 0.15) is 17.4 Å². The topological polar surface area (TPSA) is 87.8 Å². The molecule has 8 heteroatoms. The smallest absolute Gasteiger partial charge is 0.162 e. The van der Waals surface area contributed by atoms with Crippen molar-refractivity contribution in [3.05, 3.63) is 41.9 Å². The molecule has 0 aromatic carbocycles. The van der Waals surface area contributed by atoms with Gasteiger partial charge in [-0.15, -0.1) is 0 Å². The maximum atomic E-state index is 9.54. The van der Waals surface area contributed by atoms with Gasteiger partial charge in [0.05, 0.1) is 19.0 Å². The number of aliphatic hydroxyl groups is 1. The number of nitrogens with one attached hydrogen (secondary N) is 1. The van der Waals surface area contributed by atoms with Crippen LogP contribution >= 0.6 is 0 Å². The lowest BCUT2D eigenvalue weighted by atomic mass is 9.99. The lowest BCUT2D eigenvalue weighted by Gasteiger charge is -2.36. The number of nitrogens with zero attached hydrogens (tertiary/aromatic N) is 5. The Hall–Kier alpha value is -2.87. The van der Waals surface area contributed by atoms with E-state index in [-0.39, 0.29) is 6.61 Å². The largest absolute Gasteiger partial charge is 0.492 e. The third-order valence-corrected chi connectivity index (χ3v) is 5.85. The van der Waals surface area contributed by atoms with Crippen LogP contribution in [0.25, 0.3) is 5.65 Å². The molecular formula is C23H32N6O2. The molecule has 0 saturated carbocycles. The van der Waals surface area contributed by atoms with E-state index in [9.17, 15) is 5.11 Å². The molecule has 0 radical (unpaired) electrons. The van der Waals surface area contributed by atoms with E-state index >= 15 is 0 Å². The number of ether oxygens (including phenoxy) is 1. The third-order valence-electron chi connectivity index (χ3n) is 5.85. The van der Waals surface area contributed by atoms with Gasteiger partial charge in [-0.05, 0) is 50.7 Å². The Labute approximate surface area is 183 Å². The second-order valence-corrected chi connectivity index (χ2v) is 7.93. The molecule has 31 heavy (non-hydrogen) atoms. The van der Waals surface area contributed by atoms with E-state index in [4.69, 9.17) is 9.72 Å². The normalized spacial score (nSPS) is 16.6. The Morgan fingerprint density at radius 2 is 2.10 bits per heavy atom. The zero-order valence-corrected chi connectivity index (χ0v) is 18.4. The average Bonchev–Trinajstić information content (AvgIpc) is 3.22. The first kappa shape index (κ1) is 21.4. The molecule has 1 unspecified atom stereocenters. The summed E-state index contributed by atoms with van der Waals surface area (Å²) < 4.78 is 7.46. The van der Waals surface area contributed by atoms with Crippen LogP contribution in [0, 0.1) is 0 Å². The van der Waals surface area contributed by atoms with Crippen molar-refractivity contribution >= 4 is 17.3 Å². The molecule has 3 aromatic rings. The highest BCUT2D eigenvalue weighted by Crippen LogP contribution is 2.29. The summed E-state index contributed by atoms with van der Waals surface area (Å²) in [5, 5.41) is 17.6. The van der Waals surface area contributed by atoms with Gasteiger partial charge >= 0.3 is 0 Å². The molecule has 3 aromatic heterocycles. The van der Waals surface area contributed by atoms with Gasteiger partial charge in [0.15, 0.2) is 5.65 Å². The van der Waals surface area contributed by atoms with Gasteiger partial charge < -0.3 is 20.1 Å². The number of anilines is 2. The van der Waals surface area contributed by atoms with Crippen molar-refractivity contribution in [1.82, 2.24) is 19.6 Å². The van der Waals surface area contributed by atoms with E-state index in [0.717, 1.165) is 66.4 Å². The van der Waals surface area contributed by atoms with Crippen LogP contribution in [0.1, 0.15) is 50.7 Å². The quantitative estimate of drug-likeness (QED) is 0.544. The summed E-state index contributed by atoms with van der Waals surface area (Å²) in [6.45, 7) is 6.47. The van der Waals surface area contributed by atoms with Crippen LogP contribution in [0.3, 0.4) is 0 Å². The van der Waals surface area contributed by atoms with Crippen LogP contribution in [0.15, 0.2) is 30.7 Å². The van der Waals surface area contributed by atoms with E-state index in [0.29, 0.717) is 19.2 Å². The fraction of sp³-hybridized carbons (Fsp3) is 0.522. The maximum Gasteiger partial charge on any atom is 0.162 e. The lowest BCUT2D eigenvalue weighted by Crippen LogP contribution is -2.40. The average molecular weight is 425 g/mol. The third kappa shape index (κ3) is 4.74. The second-order valence-electron chi connectivity index (χ2n) is 7.93. The van der Waals surface area contributed by atoms with E-state index in [1.54, 1.807) is 6.20 Å². The van der Waals surface area contributed by atoms with Crippen molar-refractivity contribution in [2.45, 2.75) is 58.5 Å². The number of rotatable bonds is 9. The SMILES string of the molecule is CCOc1cncc(CNc2cc(N3CCCCC3CCO)nc3c(CC)cnn23)c1. The molecule has 1 aliphatic heterocycles. The summed E-state index contributed by atoms with van der Waals surface area (Å²) >= 11 is 0. The van der Waals surface area contributed by atoms with Crippen molar-refractivity contribution < 1.29 is 9.84 Å². The van der Waals surface area contributed by atoms with Crippen LogP contribution < -0.4 is 15.0 Å². The number of piperidine rings is 1. The fourth-order valence-electron chi connectivity index (χ4n) is 4.27. The highest BCUT2D eigenvalue weighted by atomic mass is 16.5. The Kier molecular flexibility index (Phi) is 6.86. The number of hydrogen-bond acceptors (Lipinski definition) is 7. The molecule has 0 spiro atoms. The van der Waals surface area contributed by atoms with Crippen molar-refractivity contribution in [3.8, 4) is 5.75 Å². The molecule has 0 amide bonds. The van der Waals surface area contributed by atoms with E-state index < -0.39 is 0 Å². The first-order valence-electron chi connectivity index (χ1n) is 11.3. The van der Waals surface area contributed by atoms with E-state index in [2.05, 4.69) is 33.3 Å². The van der Waals surface area contributed by atoms with Crippen LogP contribution in [-0.2, 0) is 13.0 Å². The molecule has 8 nitrogen and oxygen atoms in total.